The smallest absolute Gasteiger partial charge is 0.254 e. The van der Waals surface area contributed by atoms with Crippen LogP contribution in [0.5, 0.6) is 17.2 Å². The van der Waals surface area contributed by atoms with Gasteiger partial charge in [0.2, 0.25) is 12.7 Å². The van der Waals surface area contributed by atoms with Gasteiger partial charge in [0.1, 0.15) is 24.7 Å². The van der Waals surface area contributed by atoms with Gasteiger partial charge in [-0.3, -0.25) is 9.59 Å². The van der Waals surface area contributed by atoms with E-state index in [1.165, 1.54) is 17.0 Å². The lowest BCUT2D eigenvalue weighted by Gasteiger charge is -2.40. The van der Waals surface area contributed by atoms with Gasteiger partial charge in [0, 0.05) is 28.6 Å². The molecule has 0 fully saturated rings. The lowest BCUT2D eigenvalue weighted by Crippen LogP contribution is -2.53. The number of hydrogen-bond acceptors (Lipinski definition) is 6. The second-order valence-electron chi connectivity index (χ2n) is 10.1. The van der Waals surface area contributed by atoms with Crippen molar-refractivity contribution in [1.29, 1.82) is 0 Å². The van der Waals surface area contributed by atoms with E-state index in [4.69, 9.17) is 14.2 Å². The fourth-order valence-corrected chi connectivity index (χ4v) is 5.56. The topological polar surface area (TPSA) is 68.3 Å². The summed E-state index contributed by atoms with van der Waals surface area (Å²) in [5, 5.41) is 2.01. The number of carbonyl (C=O) groups is 2. The van der Waals surface area contributed by atoms with Crippen LogP contribution in [0.4, 0.5) is 4.39 Å². The molecule has 5 rings (SSSR count). The monoisotopic (exact) mass is 524 g/mol. The lowest BCUT2D eigenvalue weighted by molar-refractivity contribution is -0.136. The summed E-state index contributed by atoms with van der Waals surface area (Å²) in [5.74, 6) is 0.698. The zero-order valence-electron chi connectivity index (χ0n) is 21.0. The molecule has 3 heterocycles. The van der Waals surface area contributed by atoms with Crippen LogP contribution in [-0.2, 0) is 11.2 Å². The van der Waals surface area contributed by atoms with Crippen LogP contribution in [0, 0.1) is 5.82 Å². The highest BCUT2D eigenvalue weighted by molar-refractivity contribution is 7.10. The average molecular weight is 525 g/mol. The predicted molar refractivity (Wildman–Crippen MR) is 138 cm³/mol. The Labute approximate surface area is 219 Å². The summed E-state index contributed by atoms with van der Waals surface area (Å²) in [6, 6.07) is 12.7. The van der Waals surface area contributed by atoms with Gasteiger partial charge < -0.3 is 24.0 Å². The summed E-state index contributed by atoms with van der Waals surface area (Å²) in [5.41, 5.74) is 0.849. The molecule has 0 unspecified atom stereocenters. The van der Waals surface area contributed by atoms with Crippen molar-refractivity contribution in [3.63, 3.8) is 0 Å². The van der Waals surface area contributed by atoms with Gasteiger partial charge in [0.15, 0.2) is 11.5 Å². The number of benzene rings is 2. The SMILES string of the molecule is CC(C)(C)N(CC(=O)N1CCc2sccc2[C@@H]1COc1cccc(F)c1)C(=O)c1ccc2c(c1)OCO2. The Morgan fingerprint density at radius 2 is 1.95 bits per heavy atom. The van der Waals surface area contributed by atoms with Crippen LogP contribution < -0.4 is 14.2 Å². The third-order valence-electron chi connectivity index (χ3n) is 6.59. The minimum atomic E-state index is -0.611. The maximum absolute atomic E-state index is 13.8. The maximum Gasteiger partial charge on any atom is 0.254 e. The first kappa shape index (κ1) is 25.1. The van der Waals surface area contributed by atoms with E-state index in [9.17, 15) is 14.0 Å². The van der Waals surface area contributed by atoms with Gasteiger partial charge in [-0.15, -0.1) is 11.3 Å². The number of fused-ring (bicyclic) bond motifs is 2. The zero-order chi connectivity index (χ0) is 26.2. The van der Waals surface area contributed by atoms with Gasteiger partial charge in [0.05, 0.1) is 6.04 Å². The molecule has 2 aromatic carbocycles. The molecular weight excluding hydrogens is 495 g/mol. The Balaban J connectivity index is 1.37. The average Bonchev–Trinajstić information content (AvgIpc) is 3.53. The number of halogens is 1. The third-order valence-corrected chi connectivity index (χ3v) is 7.58. The fraction of sp³-hybridized carbons (Fsp3) is 0.357. The first-order chi connectivity index (χ1) is 17.7. The van der Waals surface area contributed by atoms with Gasteiger partial charge in [-0.25, -0.2) is 4.39 Å². The van der Waals surface area contributed by atoms with Crippen LogP contribution in [0.25, 0.3) is 0 Å². The summed E-state index contributed by atoms with van der Waals surface area (Å²) in [4.78, 5) is 31.9. The normalized spacial score (nSPS) is 16.3. The van der Waals surface area contributed by atoms with Crippen LogP contribution in [-0.4, -0.2) is 53.6 Å². The van der Waals surface area contributed by atoms with Crippen molar-refractivity contribution in [2.75, 3.05) is 26.5 Å². The molecule has 0 spiro atoms. The number of nitrogens with zero attached hydrogens (tertiary/aromatic N) is 2. The summed E-state index contributed by atoms with van der Waals surface area (Å²) < 4.78 is 30.4. The number of carbonyl (C=O) groups excluding carboxylic acids is 2. The molecule has 0 saturated carbocycles. The standard InChI is InChI=1S/C28H29FN2O5S/c1-28(2,3)31(27(33)18-7-8-23-24(13-18)36-17-35-23)15-26(32)30-11-9-25-21(10-12-37-25)22(30)16-34-20-6-4-5-19(29)14-20/h4-8,10,12-14,22H,9,11,15-17H2,1-3H3/t22-/m0/s1. The van der Waals surface area contributed by atoms with Crippen LogP contribution >= 0.6 is 11.3 Å². The molecule has 9 heteroatoms. The first-order valence-corrected chi connectivity index (χ1v) is 13.0. The van der Waals surface area contributed by atoms with Crippen molar-refractivity contribution in [3.05, 3.63) is 75.7 Å². The Bertz CT molecular complexity index is 1320. The Morgan fingerprint density at radius 1 is 1.14 bits per heavy atom. The molecule has 2 amide bonds. The highest BCUT2D eigenvalue weighted by atomic mass is 32.1. The van der Waals surface area contributed by atoms with Crippen molar-refractivity contribution >= 4 is 23.2 Å². The summed E-state index contributed by atoms with van der Waals surface area (Å²) in [7, 11) is 0. The van der Waals surface area contributed by atoms with E-state index in [1.54, 1.807) is 51.5 Å². The van der Waals surface area contributed by atoms with Crippen LogP contribution in [0.1, 0.15) is 47.6 Å². The van der Waals surface area contributed by atoms with Gasteiger partial charge in [-0.05, 0) is 74.5 Å². The fourth-order valence-electron chi connectivity index (χ4n) is 4.63. The Hall–Kier alpha value is -3.59. The Kier molecular flexibility index (Phi) is 6.81. The molecule has 0 radical (unpaired) electrons. The molecular formula is C28H29FN2O5S. The molecule has 0 bridgehead atoms. The van der Waals surface area contributed by atoms with Crippen LogP contribution in [0.2, 0.25) is 0 Å². The van der Waals surface area contributed by atoms with Gasteiger partial charge in [-0.1, -0.05) is 6.07 Å². The molecule has 194 valence electrons. The molecule has 1 aromatic heterocycles. The first-order valence-electron chi connectivity index (χ1n) is 12.2. The molecule has 7 nitrogen and oxygen atoms in total. The molecule has 37 heavy (non-hydrogen) atoms. The van der Waals surface area contributed by atoms with Gasteiger partial charge >= 0.3 is 0 Å². The molecule has 0 N–H and O–H groups in total. The van der Waals surface area contributed by atoms with Crippen molar-refractivity contribution in [2.24, 2.45) is 0 Å². The molecule has 0 aliphatic carbocycles. The lowest BCUT2D eigenvalue weighted by atomic mass is 9.99. The van der Waals surface area contributed by atoms with Crippen LogP contribution in [0.3, 0.4) is 0 Å². The van der Waals surface area contributed by atoms with E-state index >= 15 is 0 Å². The van der Waals surface area contributed by atoms with E-state index in [2.05, 4.69) is 0 Å². The van der Waals surface area contributed by atoms with Crippen molar-refractivity contribution in [3.8, 4) is 17.2 Å². The molecule has 2 aliphatic heterocycles. The maximum atomic E-state index is 13.8. The second-order valence-corrected chi connectivity index (χ2v) is 11.1. The van der Waals surface area contributed by atoms with Crippen molar-refractivity contribution < 1.29 is 28.2 Å². The predicted octanol–water partition coefficient (Wildman–Crippen LogP) is 5.06. The largest absolute Gasteiger partial charge is 0.491 e. The van der Waals surface area contributed by atoms with Crippen molar-refractivity contribution in [2.45, 2.75) is 38.8 Å². The van der Waals surface area contributed by atoms with E-state index in [-0.39, 0.29) is 43.6 Å². The van der Waals surface area contributed by atoms with Gasteiger partial charge in [-0.2, -0.15) is 0 Å². The number of thiophene rings is 1. The van der Waals surface area contributed by atoms with Crippen LogP contribution in [0.15, 0.2) is 53.9 Å². The van der Waals surface area contributed by atoms with E-state index < -0.39 is 5.54 Å². The second kappa shape index (κ2) is 10.0. The zero-order valence-corrected chi connectivity index (χ0v) is 21.8. The molecule has 0 saturated heterocycles. The number of rotatable bonds is 6. The molecule has 3 aromatic rings. The number of amides is 2. The van der Waals surface area contributed by atoms with E-state index in [1.807, 2.05) is 32.2 Å². The highest BCUT2D eigenvalue weighted by Gasteiger charge is 2.36. The summed E-state index contributed by atoms with van der Waals surface area (Å²) in [6.07, 6.45) is 0.737. The number of ether oxygens (including phenoxy) is 3. The third kappa shape index (κ3) is 5.27. The minimum Gasteiger partial charge on any atom is -0.491 e. The quantitative estimate of drug-likeness (QED) is 0.451. The minimum absolute atomic E-state index is 0.0906. The Morgan fingerprint density at radius 3 is 2.73 bits per heavy atom. The number of hydrogen-bond donors (Lipinski definition) is 0. The molecule has 1 atom stereocenters. The van der Waals surface area contributed by atoms with Crippen molar-refractivity contribution in [1.82, 2.24) is 9.80 Å². The summed E-state index contributed by atoms with van der Waals surface area (Å²) >= 11 is 1.66. The molecule has 2 aliphatic rings. The highest BCUT2D eigenvalue weighted by Crippen LogP contribution is 2.35. The van der Waals surface area contributed by atoms with E-state index in [0.29, 0.717) is 29.4 Å². The van der Waals surface area contributed by atoms with Gasteiger partial charge in [0.25, 0.3) is 5.91 Å². The van der Waals surface area contributed by atoms with E-state index in [0.717, 1.165) is 12.0 Å². The summed E-state index contributed by atoms with van der Waals surface area (Å²) in [6.45, 7) is 6.44.